The third kappa shape index (κ3) is 3.08. The summed E-state index contributed by atoms with van der Waals surface area (Å²) in [5, 5.41) is 2.77. The molecule has 0 bridgehead atoms. The summed E-state index contributed by atoms with van der Waals surface area (Å²) < 4.78 is 39.7. The van der Waals surface area contributed by atoms with Gasteiger partial charge in [0.25, 0.3) is 0 Å². The zero-order valence-corrected chi connectivity index (χ0v) is 10.7. The van der Waals surface area contributed by atoms with Crippen LogP contribution in [0.3, 0.4) is 0 Å². The quantitative estimate of drug-likeness (QED) is 0.801. The van der Waals surface area contributed by atoms with Crippen molar-refractivity contribution in [3.63, 3.8) is 0 Å². The molecule has 100 valence electrons. The van der Waals surface area contributed by atoms with Crippen LogP contribution in [-0.2, 0) is 0 Å². The molecule has 0 spiro atoms. The fourth-order valence-electron chi connectivity index (χ4n) is 1.83. The third-order valence-corrected chi connectivity index (χ3v) is 2.94. The lowest BCUT2D eigenvalue weighted by Crippen LogP contribution is -2.09. The molecule has 0 heterocycles. The lowest BCUT2D eigenvalue weighted by Gasteiger charge is -2.16. The number of aryl methyl sites for hydroxylation is 1. The molecule has 0 saturated heterocycles. The largest absolute Gasteiger partial charge is 0.376 e. The summed E-state index contributed by atoms with van der Waals surface area (Å²) in [7, 11) is 0. The number of anilines is 1. The molecule has 4 heteroatoms. The van der Waals surface area contributed by atoms with Crippen LogP contribution < -0.4 is 5.32 Å². The predicted octanol–water partition coefficient (Wildman–Crippen LogP) is 4.59. The maximum atomic E-state index is 13.5. The van der Waals surface area contributed by atoms with E-state index in [4.69, 9.17) is 0 Å². The van der Waals surface area contributed by atoms with Gasteiger partial charge in [-0.15, -0.1) is 0 Å². The van der Waals surface area contributed by atoms with Crippen molar-refractivity contribution in [2.75, 3.05) is 5.32 Å². The Morgan fingerprint density at radius 2 is 1.63 bits per heavy atom. The molecule has 2 rings (SSSR count). The Kier molecular flexibility index (Phi) is 3.79. The van der Waals surface area contributed by atoms with Gasteiger partial charge in [-0.3, -0.25) is 0 Å². The first kappa shape index (κ1) is 13.5. The highest BCUT2D eigenvalue weighted by atomic mass is 19.2. The van der Waals surface area contributed by atoms with E-state index in [1.807, 2.05) is 31.2 Å². The Morgan fingerprint density at radius 3 is 2.26 bits per heavy atom. The number of benzene rings is 2. The Labute approximate surface area is 110 Å². The van der Waals surface area contributed by atoms with E-state index in [1.165, 1.54) is 0 Å². The minimum Gasteiger partial charge on any atom is -0.376 e. The average molecular weight is 265 g/mol. The summed E-state index contributed by atoms with van der Waals surface area (Å²) in [6, 6.07) is 8.85. The van der Waals surface area contributed by atoms with Gasteiger partial charge in [0.05, 0.1) is 5.69 Å². The summed E-state index contributed by atoms with van der Waals surface area (Å²) in [5.74, 6) is -3.07. The van der Waals surface area contributed by atoms with E-state index in [-0.39, 0.29) is 11.7 Å². The van der Waals surface area contributed by atoms with Crippen molar-refractivity contribution in [3.8, 4) is 0 Å². The normalized spacial score (nSPS) is 12.3. The molecule has 2 aromatic carbocycles. The molecule has 2 aromatic rings. The highest BCUT2D eigenvalue weighted by Gasteiger charge is 2.13. The predicted molar refractivity (Wildman–Crippen MR) is 69.5 cm³/mol. The van der Waals surface area contributed by atoms with Gasteiger partial charge in [-0.1, -0.05) is 29.8 Å². The first-order chi connectivity index (χ1) is 8.97. The van der Waals surface area contributed by atoms with Crippen LogP contribution >= 0.6 is 0 Å². The average Bonchev–Trinajstić information content (AvgIpc) is 2.36. The third-order valence-electron chi connectivity index (χ3n) is 2.94. The summed E-state index contributed by atoms with van der Waals surface area (Å²) in [6.07, 6.45) is 0. The van der Waals surface area contributed by atoms with E-state index in [0.717, 1.165) is 17.2 Å². The van der Waals surface area contributed by atoms with Gasteiger partial charge >= 0.3 is 0 Å². The molecule has 1 unspecified atom stereocenters. The molecule has 0 saturated carbocycles. The molecule has 0 aliphatic rings. The molecule has 19 heavy (non-hydrogen) atoms. The van der Waals surface area contributed by atoms with Crippen LogP contribution in [0.1, 0.15) is 24.1 Å². The number of halogens is 3. The fourth-order valence-corrected chi connectivity index (χ4v) is 1.83. The maximum Gasteiger partial charge on any atom is 0.182 e. The molecular weight excluding hydrogens is 251 g/mol. The Morgan fingerprint density at radius 1 is 1.00 bits per heavy atom. The molecule has 0 amide bonds. The first-order valence-corrected chi connectivity index (χ1v) is 5.95. The van der Waals surface area contributed by atoms with E-state index in [2.05, 4.69) is 5.32 Å². The zero-order chi connectivity index (χ0) is 14.0. The second-order valence-electron chi connectivity index (χ2n) is 4.53. The van der Waals surface area contributed by atoms with Crippen molar-refractivity contribution in [1.29, 1.82) is 0 Å². The van der Waals surface area contributed by atoms with E-state index >= 15 is 0 Å². The second kappa shape index (κ2) is 5.34. The van der Waals surface area contributed by atoms with Crippen LogP contribution in [0.2, 0.25) is 0 Å². The smallest absolute Gasteiger partial charge is 0.182 e. The molecule has 0 aliphatic carbocycles. The molecule has 0 aromatic heterocycles. The number of nitrogens with one attached hydrogen (secondary N) is 1. The summed E-state index contributed by atoms with van der Waals surface area (Å²) >= 11 is 0. The van der Waals surface area contributed by atoms with Gasteiger partial charge in [0.1, 0.15) is 5.82 Å². The maximum absolute atomic E-state index is 13.5. The molecular formula is C15H14F3N. The van der Waals surface area contributed by atoms with Crippen molar-refractivity contribution < 1.29 is 13.2 Å². The molecule has 1 nitrogen and oxygen atoms in total. The zero-order valence-electron chi connectivity index (χ0n) is 10.7. The van der Waals surface area contributed by atoms with Crippen LogP contribution in [0, 0.1) is 24.4 Å². The fraction of sp³-hybridized carbons (Fsp3) is 0.200. The molecule has 1 atom stereocenters. The van der Waals surface area contributed by atoms with Gasteiger partial charge in [-0.05, 0) is 19.4 Å². The van der Waals surface area contributed by atoms with Crippen LogP contribution in [0.25, 0.3) is 0 Å². The minimum atomic E-state index is -1.20. The van der Waals surface area contributed by atoms with Crippen molar-refractivity contribution in [2.45, 2.75) is 19.9 Å². The SMILES string of the molecule is Cc1ccc(C(C)Nc2cc(F)cc(F)c2F)cc1. The lowest BCUT2D eigenvalue weighted by molar-refractivity contribution is 0.496. The highest BCUT2D eigenvalue weighted by molar-refractivity contribution is 5.47. The Bertz CT molecular complexity index is 579. The van der Waals surface area contributed by atoms with Gasteiger partial charge in [-0.25, -0.2) is 13.2 Å². The van der Waals surface area contributed by atoms with Crippen LogP contribution in [-0.4, -0.2) is 0 Å². The van der Waals surface area contributed by atoms with Crippen LogP contribution in [0.4, 0.5) is 18.9 Å². The second-order valence-corrected chi connectivity index (χ2v) is 4.53. The molecule has 0 radical (unpaired) electrons. The van der Waals surface area contributed by atoms with E-state index < -0.39 is 17.5 Å². The molecule has 1 N–H and O–H groups in total. The summed E-state index contributed by atoms with van der Waals surface area (Å²) in [5.41, 5.74) is 1.85. The standard InChI is InChI=1S/C15H14F3N/c1-9-3-5-11(6-4-9)10(2)19-14-8-12(16)7-13(17)15(14)18/h3-8,10,19H,1-2H3. The Hall–Kier alpha value is -1.97. The van der Waals surface area contributed by atoms with Gasteiger partial charge in [0, 0.05) is 18.2 Å². The summed E-state index contributed by atoms with van der Waals surface area (Å²) in [4.78, 5) is 0. The van der Waals surface area contributed by atoms with Gasteiger partial charge < -0.3 is 5.32 Å². The number of hydrogen-bond donors (Lipinski definition) is 1. The van der Waals surface area contributed by atoms with Gasteiger partial charge in [-0.2, -0.15) is 0 Å². The minimum absolute atomic E-state index is 0.175. The number of hydrogen-bond acceptors (Lipinski definition) is 1. The van der Waals surface area contributed by atoms with Crippen LogP contribution in [0.15, 0.2) is 36.4 Å². The van der Waals surface area contributed by atoms with E-state index in [0.29, 0.717) is 6.07 Å². The first-order valence-electron chi connectivity index (χ1n) is 5.95. The van der Waals surface area contributed by atoms with Crippen molar-refractivity contribution in [1.82, 2.24) is 0 Å². The van der Waals surface area contributed by atoms with E-state index in [9.17, 15) is 13.2 Å². The van der Waals surface area contributed by atoms with Crippen molar-refractivity contribution in [3.05, 3.63) is 65.0 Å². The monoisotopic (exact) mass is 265 g/mol. The summed E-state index contributed by atoms with van der Waals surface area (Å²) in [6.45, 7) is 3.76. The Balaban J connectivity index is 2.23. The lowest BCUT2D eigenvalue weighted by atomic mass is 10.1. The molecule has 0 aliphatic heterocycles. The van der Waals surface area contributed by atoms with Crippen molar-refractivity contribution >= 4 is 5.69 Å². The van der Waals surface area contributed by atoms with Gasteiger partial charge in [0.2, 0.25) is 0 Å². The topological polar surface area (TPSA) is 12.0 Å². The van der Waals surface area contributed by atoms with Crippen molar-refractivity contribution in [2.24, 2.45) is 0 Å². The number of rotatable bonds is 3. The highest BCUT2D eigenvalue weighted by Crippen LogP contribution is 2.24. The van der Waals surface area contributed by atoms with Crippen LogP contribution in [0.5, 0.6) is 0 Å². The molecule has 0 fully saturated rings. The van der Waals surface area contributed by atoms with E-state index in [1.54, 1.807) is 6.92 Å². The van der Waals surface area contributed by atoms with Gasteiger partial charge in [0.15, 0.2) is 11.6 Å².